The number of alkyl halides is 3. The number of hydrogen-bond donors (Lipinski definition) is 0. The van der Waals surface area contributed by atoms with Crippen LogP contribution in [0.15, 0.2) is 12.1 Å². The van der Waals surface area contributed by atoms with Crippen molar-refractivity contribution in [2.45, 2.75) is 45.8 Å². The van der Waals surface area contributed by atoms with Crippen molar-refractivity contribution in [3.63, 3.8) is 0 Å². The lowest BCUT2D eigenvalue weighted by atomic mass is 9.85. The number of aryl methyl sites for hydroxylation is 2. The molecule has 0 spiro atoms. The van der Waals surface area contributed by atoms with Gasteiger partial charge in [-0.2, -0.15) is 13.2 Å². The summed E-state index contributed by atoms with van der Waals surface area (Å²) in [6.07, 6.45) is -3.97. The molecule has 21 heavy (non-hydrogen) atoms. The van der Waals surface area contributed by atoms with Crippen LogP contribution in [0.1, 0.15) is 36.4 Å². The predicted molar refractivity (Wildman–Crippen MR) is 73.0 cm³/mol. The Hall–Kier alpha value is -1.85. The Morgan fingerprint density at radius 3 is 2.33 bits per heavy atom. The van der Waals surface area contributed by atoms with E-state index in [-0.39, 0.29) is 0 Å². The maximum absolute atomic E-state index is 13.1. The molecule has 0 atom stereocenters. The zero-order valence-corrected chi connectivity index (χ0v) is 12.3. The average Bonchev–Trinajstić information content (AvgIpc) is 2.77. The highest BCUT2D eigenvalue weighted by Gasteiger charge is 2.44. The molecule has 0 aliphatic carbocycles. The highest BCUT2D eigenvalue weighted by Crippen LogP contribution is 2.42. The Bertz CT molecular complexity index is 726. The van der Waals surface area contributed by atoms with Gasteiger partial charge < -0.3 is 0 Å². The maximum Gasteiger partial charge on any atom is 0.451 e. The Balaban J connectivity index is 2.32. The Morgan fingerprint density at radius 1 is 1.10 bits per heavy atom. The second-order valence-electron chi connectivity index (χ2n) is 6.26. The van der Waals surface area contributed by atoms with Gasteiger partial charge >= 0.3 is 6.18 Å². The van der Waals surface area contributed by atoms with Crippen molar-refractivity contribution in [2.75, 3.05) is 0 Å². The third-order valence-electron chi connectivity index (χ3n) is 4.11. The van der Waals surface area contributed by atoms with Crippen molar-refractivity contribution >= 4 is 0 Å². The Labute approximate surface area is 120 Å². The number of benzene rings is 1. The van der Waals surface area contributed by atoms with E-state index in [0.29, 0.717) is 12.2 Å². The van der Waals surface area contributed by atoms with E-state index >= 15 is 0 Å². The Morgan fingerprint density at radius 2 is 1.71 bits per heavy atom. The SMILES string of the molecule is Cc1cc2c(cc1C)-c1nnc(C(F)(F)F)n1C(C)(C)C2. The quantitative estimate of drug-likeness (QED) is 0.738. The molecule has 0 saturated heterocycles. The molecule has 3 nitrogen and oxygen atoms in total. The molecule has 1 aromatic carbocycles. The topological polar surface area (TPSA) is 30.7 Å². The largest absolute Gasteiger partial charge is 0.451 e. The lowest BCUT2D eigenvalue weighted by molar-refractivity contribution is -0.149. The van der Waals surface area contributed by atoms with E-state index in [1.165, 1.54) is 4.57 Å². The third-order valence-corrected chi connectivity index (χ3v) is 4.11. The first kappa shape index (κ1) is 14.1. The third kappa shape index (κ3) is 2.04. The lowest BCUT2D eigenvalue weighted by Gasteiger charge is -2.35. The van der Waals surface area contributed by atoms with Gasteiger partial charge in [0.1, 0.15) is 0 Å². The van der Waals surface area contributed by atoms with Gasteiger partial charge in [-0.3, -0.25) is 4.57 Å². The predicted octanol–water partition coefficient (Wildman–Crippen LogP) is 3.87. The van der Waals surface area contributed by atoms with Gasteiger partial charge in [0.15, 0.2) is 5.82 Å². The molecule has 1 aromatic heterocycles. The lowest BCUT2D eigenvalue weighted by Crippen LogP contribution is -2.36. The molecule has 2 aromatic rings. The van der Waals surface area contributed by atoms with E-state index in [1.807, 2.05) is 26.0 Å². The molecule has 0 bridgehead atoms. The van der Waals surface area contributed by atoms with E-state index in [9.17, 15) is 13.2 Å². The normalized spacial score (nSPS) is 16.5. The molecule has 0 saturated carbocycles. The van der Waals surface area contributed by atoms with Gasteiger partial charge in [0.2, 0.25) is 5.82 Å². The minimum absolute atomic E-state index is 0.302. The number of nitrogens with zero attached hydrogens (tertiary/aromatic N) is 3. The summed E-state index contributed by atoms with van der Waals surface area (Å²) in [6, 6.07) is 3.94. The highest BCUT2D eigenvalue weighted by molar-refractivity contribution is 5.65. The van der Waals surface area contributed by atoms with Crippen LogP contribution in [-0.4, -0.2) is 14.8 Å². The fourth-order valence-electron chi connectivity index (χ4n) is 2.99. The van der Waals surface area contributed by atoms with Gasteiger partial charge in [0.05, 0.1) is 0 Å². The molecule has 0 radical (unpaired) electrons. The summed E-state index contributed by atoms with van der Waals surface area (Å²) in [5, 5.41) is 7.23. The van der Waals surface area contributed by atoms with Gasteiger partial charge in [-0.15, -0.1) is 10.2 Å². The van der Waals surface area contributed by atoms with Crippen molar-refractivity contribution in [3.8, 4) is 11.4 Å². The highest BCUT2D eigenvalue weighted by atomic mass is 19.4. The molecule has 1 aliphatic rings. The van der Waals surface area contributed by atoms with Crippen LogP contribution >= 0.6 is 0 Å². The van der Waals surface area contributed by atoms with Crippen LogP contribution in [-0.2, 0) is 18.1 Å². The summed E-state index contributed by atoms with van der Waals surface area (Å²) in [5.41, 5.74) is 3.24. The van der Waals surface area contributed by atoms with Crippen molar-refractivity contribution in [3.05, 3.63) is 34.6 Å². The first-order valence-corrected chi connectivity index (χ1v) is 6.75. The van der Waals surface area contributed by atoms with E-state index in [4.69, 9.17) is 0 Å². The van der Waals surface area contributed by atoms with Crippen LogP contribution in [0.2, 0.25) is 0 Å². The molecule has 0 N–H and O–H groups in total. The van der Waals surface area contributed by atoms with Gasteiger partial charge in [-0.1, -0.05) is 6.07 Å². The summed E-state index contributed by atoms with van der Waals surface area (Å²) < 4.78 is 40.7. The molecule has 112 valence electrons. The van der Waals surface area contributed by atoms with Gasteiger partial charge in [-0.05, 0) is 56.9 Å². The van der Waals surface area contributed by atoms with Crippen LogP contribution in [0.4, 0.5) is 13.2 Å². The first-order chi connectivity index (χ1) is 9.61. The van der Waals surface area contributed by atoms with E-state index < -0.39 is 17.5 Å². The number of aromatic nitrogens is 3. The molecular formula is C15H16F3N3. The molecule has 0 fully saturated rings. The van der Waals surface area contributed by atoms with Crippen molar-refractivity contribution in [1.82, 2.24) is 14.8 Å². The summed E-state index contributed by atoms with van der Waals surface area (Å²) in [7, 11) is 0. The van der Waals surface area contributed by atoms with Crippen LogP contribution in [0, 0.1) is 13.8 Å². The molecule has 6 heteroatoms. The van der Waals surface area contributed by atoms with Gasteiger partial charge in [-0.25, -0.2) is 0 Å². The van der Waals surface area contributed by atoms with Gasteiger partial charge in [0.25, 0.3) is 0 Å². The monoisotopic (exact) mass is 295 g/mol. The number of hydrogen-bond acceptors (Lipinski definition) is 2. The zero-order chi connectivity index (χ0) is 15.6. The molecule has 1 aliphatic heterocycles. The summed E-state index contributed by atoms with van der Waals surface area (Å²) in [6.45, 7) is 7.52. The number of halogens is 3. The fraction of sp³-hybridized carbons (Fsp3) is 0.467. The molecule has 0 unspecified atom stereocenters. The number of fused-ring (bicyclic) bond motifs is 3. The smallest absolute Gasteiger partial charge is 0.297 e. The molecular weight excluding hydrogens is 279 g/mol. The first-order valence-electron chi connectivity index (χ1n) is 6.75. The van der Waals surface area contributed by atoms with Gasteiger partial charge in [0, 0.05) is 11.1 Å². The van der Waals surface area contributed by atoms with Crippen molar-refractivity contribution < 1.29 is 13.2 Å². The number of rotatable bonds is 0. The fourth-order valence-corrected chi connectivity index (χ4v) is 2.99. The second-order valence-corrected chi connectivity index (χ2v) is 6.26. The summed E-state index contributed by atoms with van der Waals surface area (Å²) in [5.74, 6) is -0.622. The van der Waals surface area contributed by atoms with E-state index in [1.54, 1.807) is 13.8 Å². The van der Waals surface area contributed by atoms with Crippen LogP contribution in [0.25, 0.3) is 11.4 Å². The minimum atomic E-state index is -4.50. The van der Waals surface area contributed by atoms with Crippen LogP contribution in [0.3, 0.4) is 0 Å². The zero-order valence-electron chi connectivity index (χ0n) is 12.3. The van der Waals surface area contributed by atoms with E-state index in [0.717, 1.165) is 22.3 Å². The summed E-state index contributed by atoms with van der Waals surface area (Å²) >= 11 is 0. The van der Waals surface area contributed by atoms with Crippen molar-refractivity contribution in [2.24, 2.45) is 0 Å². The minimum Gasteiger partial charge on any atom is -0.297 e. The molecule has 0 amide bonds. The molecule has 3 rings (SSSR count). The summed E-state index contributed by atoms with van der Waals surface area (Å²) in [4.78, 5) is 0. The molecule has 2 heterocycles. The van der Waals surface area contributed by atoms with E-state index in [2.05, 4.69) is 10.2 Å². The standard InChI is InChI=1S/C15H16F3N3/c1-8-5-10-7-14(3,4)21-12(11(10)6-9(8)2)19-20-13(21)15(16,17)18/h5-6H,7H2,1-4H3. The average molecular weight is 295 g/mol. The maximum atomic E-state index is 13.1. The second kappa shape index (κ2) is 4.08. The van der Waals surface area contributed by atoms with Crippen LogP contribution < -0.4 is 0 Å². The Kier molecular flexibility index (Phi) is 2.74. The van der Waals surface area contributed by atoms with Crippen LogP contribution in [0.5, 0.6) is 0 Å². The van der Waals surface area contributed by atoms with Crippen molar-refractivity contribution in [1.29, 1.82) is 0 Å².